The molecule has 112 valence electrons. The van der Waals surface area contributed by atoms with Gasteiger partial charge in [0.25, 0.3) is 0 Å². The summed E-state index contributed by atoms with van der Waals surface area (Å²) in [6.07, 6.45) is 2.11. The standard InChI is InChI=1S/C16H22N4S/c1-5-12(4)10-21-16-18-15(19-20-16)17-14-9-7-6-8-13(14)11(2)3/h5-9,11H,10H2,1-4H3,(H2,17,18,19,20). The number of anilines is 2. The minimum atomic E-state index is 0.461. The smallest absolute Gasteiger partial charge is 0.223 e. The Bertz CT molecular complexity index is 616. The average molecular weight is 302 g/mol. The van der Waals surface area contributed by atoms with Crippen molar-refractivity contribution in [2.24, 2.45) is 0 Å². The van der Waals surface area contributed by atoms with E-state index in [0.717, 1.165) is 16.6 Å². The second kappa shape index (κ2) is 7.31. The van der Waals surface area contributed by atoms with Crippen molar-refractivity contribution < 1.29 is 0 Å². The summed E-state index contributed by atoms with van der Waals surface area (Å²) < 4.78 is 0. The molecule has 1 heterocycles. The van der Waals surface area contributed by atoms with E-state index in [9.17, 15) is 0 Å². The maximum absolute atomic E-state index is 4.47. The van der Waals surface area contributed by atoms with E-state index in [4.69, 9.17) is 0 Å². The van der Waals surface area contributed by atoms with Gasteiger partial charge >= 0.3 is 0 Å². The third-order valence-corrected chi connectivity index (χ3v) is 4.26. The van der Waals surface area contributed by atoms with Gasteiger partial charge in [-0.05, 0) is 31.4 Å². The molecule has 5 heteroatoms. The normalized spacial score (nSPS) is 12.0. The summed E-state index contributed by atoms with van der Waals surface area (Å²) in [5.74, 6) is 2.06. The molecular weight excluding hydrogens is 280 g/mol. The van der Waals surface area contributed by atoms with Gasteiger partial charge in [-0.25, -0.2) is 5.10 Å². The first-order valence-corrected chi connectivity index (χ1v) is 8.11. The fraction of sp³-hybridized carbons (Fsp3) is 0.375. The minimum Gasteiger partial charge on any atom is -0.324 e. The Kier molecular flexibility index (Phi) is 5.44. The van der Waals surface area contributed by atoms with Crippen LogP contribution in [0.5, 0.6) is 0 Å². The molecule has 0 saturated heterocycles. The number of aromatic amines is 1. The van der Waals surface area contributed by atoms with Crippen molar-refractivity contribution in [3.05, 3.63) is 41.5 Å². The van der Waals surface area contributed by atoms with E-state index in [-0.39, 0.29) is 0 Å². The fourth-order valence-electron chi connectivity index (χ4n) is 1.87. The maximum Gasteiger partial charge on any atom is 0.223 e. The predicted molar refractivity (Wildman–Crippen MR) is 90.4 cm³/mol. The molecule has 0 fully saturated rings. The van der Waals surface area contributed by atoms with Gasteiger partial charge in [0, 0.05) is 11.4 Å². The van der Waals surface area contributed by atoms with Crippen LogP contribution >= 0.6 is 11.8 Å². The number of benzene rings is 1. The van der Waals surface area contributed by atoms with Crippen LogP contribution in [0.15, 0.2) is 41.1 Å². The minimum absolute atomic E-state index is 0.461. The summed E-state index contributed by atoms with van der Waals surface area (Å²) in [4.78, 5) is 4.47. The predicted octanol–water partition coefficient (Wildman–Crippen LogP) is 4.73. The van der Waals surface area contributed by atoms with Crippen LogP contribution in [0.4, 0.5) is 11.6 Å². The van der Waals surface area contributed by atoms with Crippen LogP contribution in [0.25, 0.3) is 0 Å². The second-order valence-electron chi connectivity index (χ2n) is 5.26. The molecule has 0 amide bonds. The molecule has 21 heavy (non-hydrogen) atoms. The molecule has 0 spiro atoms. The van der Waals surface area contributed by atoms with E-state index in [2.05, 4.69) is 65.5 Å². The van der Waals surface area contributed by atoms with Gasteiger partial charge in [-0.3, -0.25) is 0 Å². The molecule has 1 aromatic heterocycles. The highest BCUT2D eigenvalue weighted by Gasteiger charge is 2.09. The van der Waals surface area contributed by atoms with Crippen molar-refractivity contribution in [3.8, 4) is 0 Å². The third-order valence-electron chi connectivity index (χ3n) is 3.22. The van der Waals surface area contributed by atoms with Gasteiger partial charge < -0.3 is 5.32 Å². The van der Waals surface area contributed by atoms with Crippen LogP contribution in [0.3, 0.4) is 0 Å². The van der Waals surface area contributed by atoms with E-state index in [1.165, 1.54) is 11.1 Å². The number of allylic oxidation sites excluding steroid dienone is 1. The Morgan fingerprint density at radius 2 is 2.14 bits per heavy atom. The van der Waals surface area contributed by atoms with Gasteiger partial charge in [0.2, 0.25) is 11.1 Å². The van der Waals surface area contributed by atoms with Crippen LogP contribution in [0.2, 0.25) is 0 Å². The van der Waals surface area contributed by atoms with Crippen molar-refractivity contribution >= 4 is 23.4 Å². The molecule has 0 bridgehead atoms. The molecule has 0 atom stereocenters. The molecule has 2 rings (SSSR count). The first-order chi connectivity index (χ1) is 10.1. The van der Waals surface area contributed by atoms with Crippen LogP contribution in [-0.2, 0) is 0 Å². The zero-order valence-electron chi connectivity index (χ0n) is 13.0. The molecule has 0 aliphatic rings. The summed E-state index contributed by atoms with van der Waals surface area (Å²) in [7, 11) is 0. The lowest BCUT2D eigenvalue weighted by Gasteiger charge is -2.12. The lowest BCUT2D eigenvalue weighted by atomic mass is 10.0. The van der Waals surface area contributed by atoms with Crippen molar-refractivity contribution in [2.45, 2.75) is 38.8 Å². The number of hydrogen-bond acceptors (Lipinski definition) is 4. The van der Waals surface area contributed by atoms with Gasteiger partial charge in [0.15, 0.2) is 0 Å². The average Bonchev–Trinajstić information content (AvgIpc) is 2.92. The molecule has 0 aliphatic heterocycles. The van der Waals surface area contributed by atoms with E-state index >= 15 is 0 Å². The fourth-order valence-corrected chi connectivity index (χ4v) is 2.66. The second-order valence-corrected chi connectivity index (χ2v) is 6.20. The number of hydrogen-bond donors (Lipinski definition) is 2. The van der Waals surface area contributed by atoms with E-state index < -0.39 is 0 Å². The highest BCUT2D eigenvalue weighted by atomic mass is 32.2. The number of para-hydroxylation sites is 1. The topological polar surface area (TPSA) is 53.6 Å². The molecule has 1 aromatic carbocycles. The first kappa shape index (κ1) is 15.6. The molecule has 2 N–H and O–H groups in total. The maximum atomic E-state index is 4.47. The van der Waals surface area contributed by atoms with Gasteiger partial charge in [-0.2, -0.15) is 4.98 Å². The SMILES string of the molecule is CC=C(C)CSc1n[nH]c(Nc2ccccc2C(C)C)n1. The number of nitrogens with one attached hydrogen (secondary N) is 2. The van der Waals surface area contributed by atoms with E-state index in [1.807, 2.05) is 13.0 Å². The number of aromatic nitrogens is 3. The van der Waals surface area contributed by atoms with Gasteiger partial charge in [0.1, 0.15) is 0 Å². The highest BCUT2D eigenvalue weighted by Crippen LogP contribution is 2.26. The van der Waals surface area contributed by atoms with Crippen LogP contribution in [-0.4, -0.2) is 20.9 Å². The Hall–Kier alpha value is -1.75. The van der Waals surface area contributed by atoms with Crippen LogP contribution in [0.1, 0.15) is 39.2 Å². The summed E-state index contributed by atoms with van der Waals surface area (Å²) in [5.41, 5.74) is 3.67. The molecule has 0 radical (unpaired) electrons. The Morgan fingerprint density at radius 1 is 1.38 bits per heavy atom. The van der Waals surface area contributed by atoms with Crippen LogP contribution < -0.4 is 5.32 Å². The molecule has 0 saturated carbocycles. The van der Waals surface area contributed by atoms with Gasteiger partial charge in [0.05, 0.1) is 0 Å². The first-order valence-electron chi connectivity index (χ1n) is 7.13. The lowest BCUT2D eigenvalue weighted by molar-refractivity contribution is 0.868. The number of rotatable bonds is 6. The van der Waals surface area contributed by atoms with Crippen molar-refractivity contribution in [2.75, 3.05) is 11.1 Å². The molecule has 2 aromatic rings. The van der Waals surface area contributed by atoms with E-state index in [1.54, 1.807) is 11.8 Å². The van der Waals surface area contributed by atoms with Crippen LogP contribution in [0, 0.1) is 0 Å². The molecular formula is C16H22N4S. The quantitative estimate of drug-likeness (QED) is 0.598. The number of thioether (sulfide) groups is 1. The summed E-state index contributed by atoms with van der Waals surface area (Å²) in [5, 5.41) is 11.3. The summed E-state index contributed by atoms with van der Waals surface area (Å²) in [6.45, 7) is 8.52. The zero-order valence-corrected chi connectivity index (χ0v) is 13.8. The van der Waals surface area contributed by atoms with Crippen molar-refractivity contribution in [3.63, 3.8) is 0 Å². The third kappa shape index (κ3) is 4.36. The van der Waals surface area contributed by atoms with Crippen molar-refractivity contribution in [1.82, 2.24) is 15.2 Å². The van der Waals surface area contributed by atoms with Gasteiger partial charge in [-0.15, -0.1) is 5.10 Å². The number of H-pyrrole nitrogens is 1. The Labute approximate surface area is 130 Å². The highest BCUT2D eigenvalue weighted by molar-refractivity contribution is 7.99. The Balaban J connectivity index is 2.06. The summed E-state index contributed by atoms with van der Waals surface area (Å²) >= 11 is 1.63. The largest absolute Gasteiger partial charge is 0.324 e. The lowest BCUT2D eigenvalue weighted by Crippen LogP contribution is -1.98. The number of nitrogens with zero attached hydrogens (tertiary/aromatic N) is 2. The zero-order chi connectivity index (χ0) is 15.2. The summed E-state index contributed by atoms with van der Waals surface area (Å²) in [6, 6.07) is 8.28. The van der Waals surface area contributed by atoms with Gasteiger partial charge in [-0.1, -0.05) is 55.5 Å². The van der Waals surface area contributed by atoms with E-state index in [0.29, 0.717) is 11.9 Å². The molecule has 4 nitrogen and oxygen atoms in total. The monoisotopic (exact) mass is 302 g/mol. The molecule has 0 unspecified atom stereocenters. The molecule has 0 aliphatic carbocycles. The van der Waals surface area contributed by atoms with Crippen molar-refractivity contribution in [1.29, 1.82) is 0 Å². The Morgan fingerprint density at radius 3 is 2.86 bits per heavy atom.